The van der Waals surface area contributed by atoms with E-state index in [1.165, 1.54) is 30.3 Å². The Hall–Kier alpha value is -2.33. The predicted molar refractivity (Wildman–Crippen MR) is 136 cm³/mol. The number of nitriles is 1. The lowest BCUT2D eigenvalue weighted by Gasteiger charge is -2.10. The molecule has 178 valence electrons. The zero-order valence-corrected chi connectivity index (χ0v) is 21.4. The number of carbonyl (C=O) groups is 2. The van der Waals surface area contributed by atoms with Crippen LogP contribution >= 0.6 is 58.0 Å². The van der Waals surface area contributed by atoms with Gasteiger partial charge in [-0.25, -0.2) is 4.39 Å². The Morgan fingerprint density at radius 3 is 2.34 bits per heavy atom. The molecule has 0 spiro atoms. The molecule has 4 nitrogen and oxygen atoms in total. The van der Waals surface area contributed by atoms with Crippen LogP contribution < -0.4 is 5.32 Å². The summed E-state index contributed by atoms with van der Waals surface area (Å²) in [5.41, 5.74) is 1.49. The highest BCUT2D eigenvalue weighted by atomic mass is 35.5. The quantitative estimate of drug-likeness (QED) is 0.245. The van der Waals surface area contributed by atoms with Crippen molar-refractivity contribution in [1.29, 1.82) is 5.26 Å². The first-order chi connectivity index (χ1) is 16.5. The van der Waals surface area contributed by atoms with Gasteiger partial charge in [-0.05, 0) is 59.7 Å². The molecule has 0 radical (unpaired) electrons. The van der Waals surface area contributed by atoms with E-state index in [2.05, 4.69) is 5.32 Å². The summed E-state index contributed by atoms with van der Waals surface area (Å²) in [4.78, 5) is 25.9. The van der Waals surface area contributed by atoms with Crippen LogP contribution in [0.5, 0.6) is 0 Å². The first kappa shape index (κ1) is 25.8. The van der Waals surface area contributed by atoms with Gasteiger partial charge in [-0.1, -0.05) is 40.9 Å². The Labute approximate surface area is 225 Å². The van der Waals surface area contributed by atoms with Gasteiger partial charge in [-0.15, -0.1) is 23.2 Å². The molecule has 2 unspecified atom stereocenters. The van der Waals surface area contributed by atoms with E-state index in [-0.39, 0.29) is 22.6 Å². The number of hydrogen-bond donors (Lipinski definition) is 1. The Bertz CT molecular complexity index is 1380. The van der Waals surface area contributed by atoms with Crippen molar-refractivity contribution in [2.24, 2.45) is 5.92 Å². The molecule has 10 heteroatoms. The van der Waals surface area contributed by atoms with Gasteiger partial charge in [0.05, 0.1) is 22.6 Å². The predicted octanol–water partition coefficient (Wildman–Crippen LogP) is 7.61. The third kappa shape index (κ3) is 5.43. The fourth-order valence-corrected chi connectivity index (χ4v) is 5.53. The largest absolute Gasteiger partial charge is 0.326 e. The van der Waals surface area contributed by atoms with Gasteiger partial charge in [0.2, 0.25) is 5.91 Å². The van der Waals surface area contributed by atoms with E-state index in [0.717, 1.165) is 6.07 Å². The fraction of sp³-hybridized carbons (Fsp3) is 0.160. The number of carbonyl (C=O) groups excluding carboxylic acids is 2. The topological polar surface area (TPSA) is 70.0 Å². The van der Waals surface area contributed by atoms with Gasteiger partial charge in [0.15, 0.2) is 5.78 Å². The highest BCUT2D eigenvalue weighted by molar-refractivity contribution is 6.53. The zero-order valence-electron chi connectivity index (χ0n) is 17.6. The maximum absolute atomic E-state index is 13.4. The van der Waals surface area contributed by atoms with Gasteiger partial charge in [-0.2, -0.15) is 5.26 Å². The number of nitrogens with zero attached hydrogens (tertiary/aromatic N) is 1. The normalized spacial score (nSPS) is 18.0. The molecule has 35 heavy (non-hydrogen) atoms. The molecule has 3 aromatic carbocycles. The minimum absolute atomic E-state index is 0.0559. The molecule has 4 rings (SSSR count). The van der Waals surface area contributed by atoms with Crippen LogP contribution in [0, 0.1) is 23.1 Å². The Morgan fingerprint density at radius 1 is 1.00 bits per heavy atom. The Morgan fingerprint density at radius 2 is 1.69 bits per heavy atom. The lowest BCUT2D eigenvalue weighted by molar-refractivity contribution is -0.117. The van der Waals surface area contributed by atoms with Gasteiger partial charge in [0, 0.05) is 33.6 Å². The number of nitrogens with one attached hydrogen (secondary N) is 1. The number of benzene rings is 3. The number of ketones is 1. The molecule has 0 aliphatic heterocycles. The smallest absolute Gasteiger partial charge is 0.231 e. The standard InChI is InChI=1S/C25H14Cl5FN2O2/c26-15-5-13(6-16(27)9-15)22-23(25(22,29)30)24(35)33-18-3-4-20(28)19(10-18)21(34)8-12-1-2-17(31)7-14(12)11-32/h1-7,9-10,22-23H,8H2,(H,33,35). The highest BCUT2D eigenvalue weighted by Gasteiger charge is 2.67. The van der Waals surface area contributed by atoms with Gasteiger partial charge in [0.1, 0.15) is 10.2 Å². The van der Waals surface area contributed by atoms with Crippen molar-refractivity contribution in [1.82, 2.24) is 0 Å². The number of rotatable bonds is 6. The molecule has 1 amide bonds. The van der Waals surface area contributed by atoms with E-state index in [9.17, 15) is 19.2 Å². The first-order valence-electron chi connectivity index (χ1n) is 10.2. The van der Waals surface area contributed by atoms with E-state index in [1.807, 2.05) is 6.07 Å². The molecule has 2 atom stereocenters. The number of Topliss-reactive ketones (excluding diaryl/α,β-unsaturated/α-hetero) is 1. The number of hydrogen-bond acceptors (Lipinski definition) is 3. The van der Waals surface area contributed by atoms with Crippen molar-refractivity contribution in [2.45, 2.75) is 16.7 Å². The van der Waals surface area contributed by atoms with E-state index in [0.29, 0.717) is 26.9 Å². The summed E-state index contributed by atoms with van der Waals surface area (Å²) in [5, 5.41) is 12.9. The van der Waals surface area contributed by atoms with Gasteiger partial charge < -0.3 is 5.32 Å². The minimum atomic E-state index is -1.36. The molecule has 1 N–H and O–H groups in total. The van der Waals surface area contributed by atoms with Gasteiger partial charge in [-0.3, -0.25) is 9.59 Å². The van der Waals surface area contributed by atoms with Crippen LogP contribution in [0.15, 0.2) is 54.6 Å². The van der Waals surface area contributed by atoms with Crippen molar-refractivity contribution in [3.63, 3.8) is 0 Å². The molecule has 0 saturated heterocycles. The van der Waals surface area contributed by atoms with Crippen LogP contribution in [-0.4, -0.2) is 16.0 Å². The molecule has 0 heterocycles. The third-order valence-corrected chi connectivity index (χ3v) is 7.36. The van der Waals surface area contributed by atoms with Crippen LogP contribution in [0.3, 0.4) is 0 Å². The van der Waals surface area contributed by atoms with Crippen molar-refractivity contribution >= 4 is 75.4 Å². The molecule has 1 fully saturated rings. The SMILES string of the molecule is N#Cc1cc(F)ccc1CC(=O)c1cc(NC(=O)C2C(c3cc(Cl)cc(Cl)c3)C2(Cl)Cl)ccc1Cl. The zero-order chi connectivity index (χ0) is 25.5. The molecule has 1 saturated carbocycles. The van der Waals surface area contributed by atoms with Crippen LogP contribution in [0.1, 0.15) is 33.0 Å². The second kappa shape index (κ2) is 9.97. The summed E-state index contributed by atoms with van der Waals surface area (Å²) in [6.45, 7) is 0. The van der Waals surface area contributed by atoms with E-state index in [1.54, 1.807) is 18.2 Å². The highest BCUT2D eigenvalue weighted by Crippen LogP contribution is 2.65. The van der Waals surface area contributed by atoms with Crippen molar-refractivity contribution in [2.75, 3.05) is 5.32 Å². The van der Waals surface area contributed by atoms with E-state index < -0.39 is 33.7 Å². The second-order valence-corrected chi connectivity index (χ2v) is 10.8. The number of amides is 1. The van der Waals surface area contributed by atoms with Crippen molar-refractivity contribution in [3.8, 4) is 6.07 Å². The molecule has 0 aromatic heterocycles. The lowest BCUT2D eigenvalue weighted by atomic mass is 9.98. The van der Waals surface area contributed by atoms with Gasteiger partial charge >= 0.3 is 0 Å². The van der Waals surface area contributed by atoms with Crippen molar-refractivity contribution in [3.05, 3.63) is 97.7 Å². The first-order valence-corrected chi connectivity index (χ1v) is 12.1. The van der Waals surface area contributed by atoms with Crippen LogP contribution in [0.4, 0.5) is 10.1 Å². The summed E-state index contributed by atoms with van der Waals surface area (Å²) in [6.07, 6.45) is -0.174. The average Bonchev–Trinajstić information content (AvgIpc) is 3.37. The molecular formula is C25H14Cl5FN2O2. The molecule has 3 aromatic rings. The molecule has 1 aliphatic carbocycles. The summed E-state index contributed by atoms with van der Waals surface area (Å²) < 4.78 is 12.0. The van der Waals surface area contributed by atoms with Gasteiger partial charge in [0.25, 0.3) is 0 Å². The monoisotopic (exact) mass is 568 g/mol. The summed E-state index contributed by atoms with van der Waals surface area (Å²) in [6, 6.07) is 14.8. The maximum atomic E-state index is 13.4. The summed E-state index contributed by atoms with van der Waals surface area (Å²) in [5.74, 6) is -2.75. The van der Waals surface area contributed by atoms with Crippen molar-refractivity contribution < 1.29 is 14.0 Å². The van der Waals surface area contributed by atoms with Crippen LogP contribution in [-0.2, 0) is 11.2 Å². The fourth-order valence-electron chi connectivity index (χ4n) is 3.93. The van der Waals surface area contributed by atoms with Crippen LogP contribution in [0.2, 0.25) is 15.1 Å². The summed E-state index contributed by atoms with van der Waals surface area (Å²) >= 11 is 31.2. The third-order valence-electron chi connectivity index (χ3n) is 5.66. The maximum Gasteiger partial charge on any atom is 0.231 e. The van der Waals surface area contributed by atoms with E-state index in [4.69, 9.17) is 58.0 Å². The number of alkyl halides is 2. The Balaban J connectivity index is 1.53. The number of anilines is 1. The molecule has 0 bridgehead atoms. The lowest BCUT2D eigenvalue weighted by Crippen LogP contribution is -2.17. The average molecular weight is 571 g/mol. The van der Waals surface area contributed by atoms with E-state index >= 15 is 0 Å². The number of halogens is 6. The van der Waals surface area contributed by atoms with Crippen LogP contribution in [0.25, 0.3) is 0 Å². The summed E-state index contributed by atoms with van der Waals surface area (Å²) in [7, 11) is 0. The Kier molecular flexibility index (Phi) is 7.33. The minimum Gasteiger partial charge on any atom is -0.326 e. The molecular weight excluding hydrogens is 557 g/mol. The molecule has 1 aliphatic rings. The second-order valence-electron chi connectivity index (χ2n) is 8.03.